The van der Waals surface area contributed by atoms with Gasteiger partial charge in [-0.15, -0.1) is 0 Å². The highest BCUT2D eigenvalue weighted by Crippen LogP contribution is 2.34. The van der Waals surface area contributed by atoms with Crippen molar-refractivity contribution in [3.05, 3.63) is 0 Å². The summed E-state index contributed by atoms with van der Waals surface area (Å²) < 4.78 is 30.0. The molecule has 0 aliphatic carbocycles. The van der Waals surface area contributed by atoms with Crippen molar-refractivity contribution in [2.45, 2.75) is 23.8 Å². The molecular formula is C7H11BrF2O2. The standard InChI is InChI=1S/C7H11BrF2O2/c8-7(9,10)6(11)5-1-3-12-4-2-5/h5-6,11H,1-4H2. The Morgan fingerprint density at radius 2 is 1.92 bits per heavy atom. The van der Waals surface area contributed by atoms with E-state index in [2.05, 4.69) is 15.9 Å². The molecule has 1 fully saturated rings. The van der Waals surface area contributed by atoms with Crippen LogP contribution in [-0.2, 0) is 4.74 Å². The molecule has 0 saturated carbocycles. The summed E-state index contributed by atoms with van der Waals surface area (Å²) >= 11 is 2.16. The molecule has 12 heavy (non-hydrogen) atoms. The average Bonchev–Trinajstić information content (AvgIpc) is 2.03. The molecule has 2 nitrogen and oxygen atoms in total. The molecule has 0 aromatic rings. The fourth-order valence-electron chi connectivity index (χ4n) is 1.30. The van der Waals surface area contributed by atoms with E-state index in [1.165, 1.54) is 0 Å². The Labute approximate surface area is 78.0 Å². The van der Waals surface area contributed by atoms with Gasteiger partial charge in [0.1, 0.15) is 6.10 Å². The molecule has 1 aliphatic heterocycles. The Hall–Kier alpha value is 0.260. The molecule has 72 valence electrons. The molecular weight excluding hydrogens is 234 g/mol. The SMILES string of the molecule is OC(C1CCOCC1)C(F)(F)Br. The predicted octanol–water partition coefficient (Wildman–Crippen LogP) is 1.76. The van der Waals surface area contributed by atoms with Gasteiger partial charge < -0.3 is 9.84 Å². The summed E-state index contributed by atoms with van der Waals surface area (Å²) in [5.74, 6) is -0.354. The molecule has 1 aliphatic rings. The van der Waals surface area contributed by atoms with Gasteiger partial charge in [0.15, 0.2) is 0 Å². The van der Waals surface area contributed by atoms with E-state index in [-0.39, 0.29) is 5.92 Å². The van der Waals surface area contributed by atoms with E-state index in [0.29, 0.717) is 26.1 Å². The van der Waals surface area contributed by atoms with E-state index < -0.39 is 10.9 Å². The molecule has 0 spiro atoms. The van der Waals surface area contributed by atoms with Crippen LogP contribution in [0.5, 0.6) is 0 Å². The zero-order chi connectivity index (χ0) is 9.19. The number of halogens is 3. The van der Waals surface area contributed by atoms with Crippen LogP contribution >= 0.6 is 15.9 Å². The molecule has 0 aromatic heterocycles. The van der Waals surface area contributed by atoms with Gasteiger partial charge in [-0.3, -0.25) is 0 Å². The van der Waals surface area contributed by atoms with E-state index in [4.69, 9.17) is 9.84 Å². The van der Waals surface area contributed by atoms with E-state index in [0.717, 1.165) is 0 Å². The fraction of sp³-hybridized carbons (Fsp3) is 1.00. The largest absolute Gasteiger partial charge is 0.386 e. The van der Waals surface area contributed by atoms with Gasteiger partial charge in [-0.05, 0) is 34.7 Å². The van der Waals surface area contributed by atoms with Gasteiger partial charge in [0.2, 0.25) is 0 Å². The van der Waals surface area contributed by atoms with E-state index in [1.807, 2.05) is 0 Å². The van der Waals surface area contributed by atoms with E-state index in [1.54, 1.807) is 0 Å². The number of alkyl halides is 3. The Balaban J connectivity index is 2.45. The molecule has 1 unspecified atom stereocenters. The van der Waals surface area contributed by atoms with Crippen molar-refractivity contribution in [2.75, 3.05) is 13.2 Å². The highest BCUT2D eigenvalue weighted by molar-refractivity contribution is 9.10. The van der Waals surface area contributed by atoms with Crippen molar-refractivity contribution in [1.29, 1.82) is 0 Å². The first-order valence-corrected chi connectivity index (χ1v) is 4.63. The molecule has 1 rings (SSSR count). The number of aliphatic hydroxyl groups excluding tert-OH is 1. The van der Waals surface area contributed by atoms with Crippen molar-refractivity contribution in [1.82, 2.24) is 0 Å². The first-order valence-electron chi connectivity index (χ1n) is 3.84. The second kappa shape index (κ2) is 3.98. The first-order chi connectivity index (χ1) is 5.52. The minimum atomic E-state index is -3.17. The summed E-state index contributed by atoms with van der Waals surface area (Å²) in [5, 5.41) is 9.16. The third-order valence-corrected chi connectivity index (χ3v) is 2.52. The number of aliphatic hydroxyl groups is 1. The zero-order valence-electron chi connectivity index (χ0n) is 6.47. The molecule has 5 heteroatoms. The van der Waals surface area contributed by atoms with Crippen molar-refractivity contribution < 1.29 is 18.6 Å². The van der Waals surface area contributed by atoms with Gasteiger partial charge in [-0.2, -0.15) is 8.78 Å². The van der Waals surface area contributed by atoms with Crippen molar-refractivity contribution in [2.24, 2.45) is 5.92 Å². The predicted molar refractivity (Wildman–Crippen MR) is 43.4 cm³/mol. The zero-order valence-corrected chi connectivity index (χ0v) is 8.06. The summed E-state index contributed by atoms with van der Waals surface area (Å²) in [6.45, 7) is 0.926. The smallest absolute Gasteiger partial charge is 0.326 e. The molecule has 0 amide bonds. The van der Waals surface area contributed by atoms with Gasteiger partial charge in [0.05, 0.1) is 0 Å². The number of hydrogen-bond donors (Lipinski definition) is 1. The Morgan fingerprint density at radius 1 is 1.42 bits per heavy atom. The third-order valence-electron chi connectivity index (χ3n) is 2.05. The number of ether oxygens (including phenoxy) is 1. The lowest BCUT2D eigenvalue weighted by Gasteiger charge is -2.28. The Morgan fingerprint density at radius 3 is 2.33 bits per heavy atom. The van der Waals surface area contributed by atoms with Crippen LogP contribution in [0, 0.1) is 5.92 Å². The van der Waals surface area contributed by atoms with Gasteiger partial charge in [-0.1, -0.05) is 0 Å². The van der Waals surface area contributed by atoms with Crippen molar-refractivity contribution in [3.63, 3.8) is 0 Å². The summed E-state index contributed by atoms with van der Waals surface area (Å²) in [4.78, 5) is -3.17. The van der Waals surface area contributed by atoms with Crippen molar-refractivity contribution in [3.8, 4) is 0 Å². The van der Waals surface area contributed by atoms with Gasteiger partial charge >= 0.3 is 4.83 Å². The lowest BCUT2D eigenvalue weighted by atomic mass is 9.94. The minimum Gasteiger partial charge on any atom is -0.386 e. The highest BCUT2D eigenvalue weighted by atomic mass is 79.9. The molecule has 0 aromatic carbocycles. The van der Waals surface area contributed by atoms with Crippen LogP contribution in [-0.4, -0.2) is 29.3 Å². The van der Waals surface area contributed by atoms with Crippen LogP contribution in [0.4, 0.5) is 8.78 Å². The van der Waals surface area contributed by atoms with Crippen molar-refractivity contribution >= 4 is 15.9 Å². The van der Waals surface area contributed by atoms with Crippen LogP contribution < -0.4 is 0 Å². The molecule has 1 saturated heterocycles. The second-order valence-corrected chi connectivity index (χ2v) is 3.99. The maximum atomic E-state index is 12.5. The van der Waals surface area contributed by atoms with Crippen LogP contribution in [0.15, 0.2) is 0 Å². The topological polar surface area (TPSA) is 29.5 Å². The highest BCUT2D eigenvalue weighted by Gasteiger charge is 2.40. The molecule has 1 heterocycles. The van der Waals surface area contributed by atoms with Gasteiger partial charge in [0, 0.05) is 13.2 Å². The Bertz CT molecular complexity index is 143. The maximum Gasteiger partial charge on any atom is 0.326 e. The average molecular weight is 245 g/mol. The van der Waals surface area contributed by atoms with Crippen LogP contribution in [0.25, 0.3) is 0 Å². The normalized spacial score (nSPS) is 24.0. The molecule has 1 atom stereocenters. The summed E-state index contributed by atoms with van der Waals surface area (Å²) in [5.41, 5.74) is 0. The minimum absolute atomic E-state index is 0.354. The first kappa shape index (κ1) is 10.3. The third kappa shape index (κ3) is 2.64. The molecule has 0 radical (unpaired) electrons. The number of hydrogen-bond acceptors (Lipinski definition) is 2. The van der Waals surface area contributed by atoms with Gasteiger partial charge in [0.25, 0.3) is 0 Å². The van der Waals surface area contributed by atoms with E-state index in [9.17, 15) is 8.78 Å². The van der Waals surface area contributed by atoms with Crippen LogP contribution in [0.2, 0.25) is 0 Å². The van der Waals surface area contributed by atoms with Crippen LogP contribution in [0.3, 0.4) is 0 Å². The molecule has 1 N–H and O–H groups in total. The quantitative estimate of drug-likeness (QED) is 0.751. The summed E-state index contributed by atoms with van der Waals surface area (Å²) in [6.07, 6.45) is -0.591. The Kier molecular flexibility index (Phi) is 3.43. The van der Waals surface area contributed by atoms with E-state index >= 15 is 0 Å². The molecule has 0 bridgehead atoms. The summed E-state index contributed by atoms with van der Waals surface area (Å²) in [7, 11) is 0. The monoisotopic (exact) mass is 244 g/mol. The lowest BCUT2D eigenvalue weighted by molar-refractivity contribution is -0.0842. The van der Waals surface area contributed by atoms with Crippen LogP contribution in [0.1, 0.15) is 12.8 Å². The van der Waals surface area contributed by atoms with Gasteiger partial charge in [-0.25, -0.2) is 0 Å². The second-order valence-electron chi connectivity index (χ2n) is 2.94. The summed E-state index contributed by atoms with van der Waals surface area (Å²) in [6, 6.07) is 0. The maximum absolute atomic E-state index is 12.5. The fourth-order valence-corrected chi connectivity index (χ4v) is 1.67. The number of rotatable bonds is 2. The lowest BCUT2D eigenvalue weighted by Crippen LogP contribution is -2.37.